The number of nitrogens with two attached hydrogens (primary N) is 1. The quantitative estimate of drug-likeness (QED) is 0.445. The molecule has 32 heavy (non-hydrogen) atoms. The fourth-order valence-electron chi connectivity index (χ4n) is 2.72. The average Bonchev–Trinajstić information content (AvgIpc) is 3.33. The zero-order valence-corrected chi connectivity index (χ0v) is 20.3. The van der Waals surface area contributed by atoms with Crippen LogP contribution in [0.25, 0.3) is 0 Å². The maximum absolute atomic E-state index is 12.8. The Hall–Kier alpha value is -2.51. The van der Waals surface area contributed by atoms with E-state index in [1.54, 1.807) is 25.4 Å². The number of primary sulfonamides is 1. The molecule has 0 radical (unpaired) electrons. The van der Waals surface area contributed by atoms with Gasteiger partial charge in [-0.3, -0.25) is 10.1 Å². The number of aryl methyl sites for hydroxylation is 1. The van der Waals surface area contributed by atoms with Gasteiger partial charge in [-0.25, -0.2) is 23.3 Å². The molecule has 2 heterocycles. The first-order valence-corrected chi connectivity index (χ1v) is 12.8. The number of nitrogens with zero attached hydrogens (tertiary/aromatic N) is 2. The number of amides is 3. The number of urea groups is 1. The summed E-state index contributed by atoms with van der Waals surface area (Å²) in [5.41, 5.74) is 1.44. The zero-order chi connectivity index (χ0) is 23.5. The van der Waals surface area contributed by atoms with Crippen molar-refractivity contribution >= 4 is 61.4 Å². The van der Waals surface area contributed by atoms with Gasteiger partial charge in [0.1, 0.15) is 0 Å². The molecule has 13 heteroatoms. The number of hydrogen-bond donors (Lipinski definition) is 3. The second-order valence-corrected chi connectivity index (χ2v) is 11.1. The number of benzene rings is 1. The molecule has 4 N–H and O–H groups in total. The van der Waals surface area contributed by atoms with Crippen LogP contribution in [-0.4, -0.2) is 37.3 Å². The first-order chi connectivity index (χ1) is 15.0. The van der Waals surface area contributed by atoms with Crippen molar-refractivity contribution in [1.29, 1.82) is 0 Å². The Bertz CT molecular complexity index is 1260. The monoisotopic (exact) mass is 513 g/mol. The molecule has 1 aromatic carbocycles. The van der Waals surface area contributed by atoms with Crippen molar-refractivity contribution in [2.75, 3.05) is 12.4 Å². The topological polar surface area (TPSA) is 134 Å². The Morgan fingerprint density at radius 1 is 1.25 bits per heavy atom. The molecule has 0 fully saturated rings. The maximum atomic E-state index is 12.8. The van der Waals surface area contributed by atoms with Gasteiger partial charge in [0.15, 0.2) is 5.13 Å². The van der Waals surface area contributed by atoms with E-state index < -0.39 is 16.1 Å². The van der Waals surface area contributed by atoms with Crippen LogP contribution in [0.3, 0.4) is 0 Å². The lowest BCUT2D eigenvalue weighted by Gasteiger charge is -2.17. The number of anilines is 1. The predicted octanol–water partition coefficient (Wildman–Crippen LogP) is 3.41. The second kappa shape index (κ2) is 9.96. The van der Waals surface area contributed by atoms with E-state index in [0.29, 0.717) is 27.3 Å². The molecule has 0 unspecified atom stereocenters. The molecule has 0 aliphatic heterocycles. The molecule has 0 saturated heterocycles. The molecule has 0 aliphatic rings. The first kappa shape index (κ1) is 24.1. The van der Waals surface area contributed by atoms with E-state index in [1.165, 1.54) is 45.8 Å². The highest BCUT2D eigenvalue weighted by Crippen LogP contribution is 2.22. The molecular formula is C19H20ClN5O4S3. The molecule has 9 nitrogen and oxygen atoms in total. The third kappa shape index (κ3) is 6.26. The number of nitrogens with one attached hydrogen (secondary N) is 2. The Morgan fingerprint density at radius 3 is 2.66 bits per heavy atom. The fourth-order valence-corrected chi connectivity index (χ4v) is 4.98. The van der Waals surface area contributed by atoms with Gasteiger partial charge in [0.05, 0.1) is 28.0 Å². The highest BCUT2D eigenvalue weighted by atomic mass is 35.5. The molecular weight excluding hydrogens is 494 g/mol. The summed E-state index contributed by atoms with van der Waals surface area (Å²) in [6.07, 6.45) is 0. The van der Waals surface area contributed by atoms with E-state index >= 15 is 0 Å². The van der Waals surface area contributed by atoms with Gasteiger partial charge in [0, 0.05) is 22.9 Å². The van der Waals surface area contributed by atoms with Crippen molar-refractivity contribution in [2.45, 2.75) is 24.9 Å². The standard InChI is InChI=1S/C19H20ClN5O4S3/c1-11-3-5-14(32(21,28)29)7-15(11)17(26)25(2)9-12-10-30-19(23-12)24-18(27)22-8-13-4-6-16(20)31-13/h3-7,10H,8-9H2,1-2H3,(H2,21,28,29)(H2,22,23,24,27). The van der Waals surface area contributed by atoms with Crippen LogP contribution in [0.4, 0.5) is 9.93 Å². The second-order valence-electron chi connectivity index (χ2n) is 6.84. The van der Waals surface area contributed by atoms with Crippen molar-refractivity contribution in [1.82, 2.24) is 15.2 Å². The van der Waals surface area contributed by atoms with Crippen LogP contribution < -0.4 is 15.8 Å². The summed E-state index contributed by atoms with van der Waals surface area (Å²) in [7, 11) is -2.34. The van der Waals surface area contributed by atoms with E-state index in [1.807, 2.05) is 6.07 Å². The summed E-state index contributed by atoms with van der Waals surface area (Å²) in [6, 6.07) is 7.35. The van der Waals surface area contributed by atoms with Crippen LogP contribution in [0.1, 0.15) is 26.5 Å². The highest BCUT2D eigenvalue weighted by molar-refractivity contribution is 7.89. The molecule has 3 amide bonds. The van der Waals surface area contributed by atoms with E-state index in [4.69, 9.17) is 16.7 Å². The molecule has 3 aromatic rings. The number of hydrogen-bond acceptors (Lipinski definition) is 7. The minimum atomic E-state index is -3.92. The fraction of sp³-hybridized carbons (Fsp3) is 0.211. The Kier molecular flexibility index (Phi) is 7.51. The van der Waals surface area contributed by atoms with Crippen LogP contribution in [0.5, 0.6) is 0 Å². The molecule has 0 atom stereocenters. The number of carbonyl (C=O) groups is 2. The molecule has 0 aliphatic carbocycles. The number of thiophene rings is 1. The lowest BCUT2D eigenvalue weighted by molar-refractivity contribution is 0.0782. The van der Waals surface area contributed by atoms with Gasteiger partial charge in [-0.1, -0.05) is 17.7 Å². The molecule has 170 valence electrons. The number of rotatable bonds is 7. The third-order valence-corrected chi connectivity index (χ3v) is 7.29. The van der Waals surface area contributed by atoms with Gasteiger partial charge in [0.2, 0.25) is 10.0 Å². The van der Waals surface area contributed by atoms with Crippen molar-refractivity contribution < 1.29 is 18.0 Å². The summed E-state index contributed by atoms with van der Waals surface area (Å²) in [5, 5.41) is 12.7. The summed E-state index contributed by atoms with van der Waals surface area (Å²) in [6.45, 7) is 2.22. The smallest absolute Gasteiger partial charge is 0.321 e. The number of aromatic nitrogens is 1. The molecule has 2 aromatic heterocycles. The summed E-state index contributed by atoms with van der Waals surface area (Å²) in [5.74, 6) is -0.372. The van der Waals surface area contributed by atoms with Gasteiger partial charge < -0.3 is 10.2 Å². The third-order valence-electron chi connectivity index (χ3n) is 4.34. The van der Waals surface area contributed by atoms with Gasteiger partial charge in [-0.05, 0) is 36.8 Å². The Morgan fingerprint density at radius 2 is 2.00 bits per heavy atom. The first-order valence-electron chi connectivity index (χ1n) is 9.15. The molecule has 0 bridgehead atoms. The summed E-state index contributed by atoms with van der Waals surface area (Å²) >= 11 is 8.48. The van der Waals surface area contributed by atoms with Crippen LogP contribution in [0.15, 0.2) is 40.6 Å². The van der Waals surface area contributed by atoms with Gasteiger partial charge in [0.25, 0.3) is 5.91 Å². The zero-order valence-electron chi connectivity index (χ0n) is 17.1. The average molecular weight is 514 g/mol. The minimum absolute atomic E-state index is 0.129. The van der Waals surface area contributed by atoms with E-state index in [9.17, 15) is 18.0 Å². The van der Waals surface area contributed by atoms with E-state index in [-0.39, 0.29) is 22.9 Å². The van der Waals surface area contributed by atoms with Crippen LogP contribution in [0, 0.1) is 6.92 Å². The lowest BCUT2D eigenvalue weighted by Crippen LogP contribution is -2.28. The molecule has 3 rings (SSSR count). The number of thiazole rings is 1. The van der Waals surface area contributed by atoms with Gasteiger partial charge >= 0.3 is 6.03 Å². The largest absolute Gasteiger partial charge is 0.336 e. The lowest BCUT2D eigenvalue weighted by atomic mass is 10.1. The summed E-state index contributed by atoms with van der Waals surface area (Å²) < 4.78 is 23.8. The van der Waals surface area contributed by atoms with Crippen molar-refractivity contribution in [2.24, 2.45) is 5.14 Å². The maximum Gasteiger partial charge on any atom is 0.321 e. The van der Waals surface area contributed by atoms with Crippen molar-refractivity contribution in [3.8, 4) is 0 Å². The minimum Gasteiger partial charge on any atom is -0.336 e. The summed E-state index contributed by atoms with van der Waals surface area (Å²) in [4.78, 5) is 31.4. The highest BCUT2D eigenvalue weighted by Gasteiger charge is 2.19. The van der Waals surface area contributed by atoms with Gasteiger partial charge in [-0.2, -0.15) is 0 Å². The Balaban J connectivity index is 1.60. The normalized spacial score (nSPS) is 11.2. The number of carbonyl (C=O) groups excluding carboxylic acids is 2. The molecule has 0 spiro atoms. The van der Waals surface area contributed by atoms with Crippen LogP contribution >= 0.6 is 34.3 Å². The van der Waals surface area contributed by atoms with Crippen molar-refractivity contribution in [3.05, 3.63) is 61.7 Å². The predicted molar refractivity (Wildman–Crippen MR) is 126 cm³/mol. The molecule has 0 saturated carbocycles. The van der Waals surface area contributed by atoms with E-state index in [0.717, 1.165) is 4.88 Å². The number of halogens is 1. The van der Waals surface area contributed by atoms with Crippen molar-refractivity contribution in [3.63, 3.8) is 0 Å². The Labute approximate surface area is 198 Å². The number of sulfonamides is 1. The SMILES string of the molecule is Cc1ccc(S(N)(=O)=O)cc1C(=O)N(C)Cc1csc(NC(=O)NCc2ccc(Cl)s2)n1. The van der Waals surface area contributed by atoms with Gasteiger partial charge in [-0.15, -0.1) is 22.7 Å². The van der Waals surface area contributed by atoms with Crippen LogP contribution in [0.2, 0.25) is 4.34 Å². The van der Waals surface area contributed by atoms with E-state index in [2.05, 4.69) is 15.6 Å². The van der Waals surface area contributed by atoms with Crippen LogP contribution in [-0.2, 0) is 23.1 Å².